The van der Waals surface area contributed by atoms with Crippen LogP contribution in [0.1, 0.15) is 10.4 Å². The summed E-state index contributed by atoms with van der Waals surface area (Å²) in [5.74, 6) is -0.836. The van der Waals surface area contributed by atoms with Gasteiger partial charge in [-0.1, -0.05) is 6.07 Å². The highest BCUT2D eigenvalue weighted by Gasteiger charge is 2.02. The molecule has 0 heterocycles. The molecular formula is C8H7FO3. The number of carbonyl (C=O) groups is 1. The number of halogens is 1. The molecule has 0 amide bonds. The van der Waals surface area contributed by atoms with Crippen molar-refractivity contribution in [2.45, 2.75) is 0 Å². The van der Waals surface area contributed by atoms with Crippen LogP contribution in [0.5, 0.6) is 5.75 Å². The summed E-state index contributed by atoms with van der Waals surface area (Å²) in [5, 5.41) is 8.53. The molecule has 0 saturated heterocycles. The lowest BCUT2D eigenvalue weighted by molar-refractivity contribution is 0.0696. The zero-order chi connectivity index (χ0) is 8.97. The Kier molecular flexibility index (Phi) is 2.63. The molecule has 1 aromatic carbocycles. The Morgan fingerprint density at radius 2 is 2.33 bits per heavy atom. The molecule has 0 saturated carbocycles. The minimum atomic E-state index is -1.06. The third-order valence-corrected chi connectivity index (χ3v) is 1.30. The number of aromatic carboxylic acids is 1. The van der Waals surface area contributed by atoms with Crippen LogP contribution in [0.25, 0.3) is 0 Å². The van der Waals surface area contributed by atoms with Gasteiger partial charge in [-0.05, 0) is 18.2 Å². The molecule has 12 heavy (non-hydrogen) atoms. The Morgan fingerprint density at radius 3 is 2.92 bits per heavy atom. The normalized spacial score (nSPS) is 9.42. The van der Waals surface area contributed by atoms with Crippen molar-refractivity contribution in [1.82, 2.24) is 0 Å². The Bertz CT molecular complexity index is 285. The fourth-order valence-corrected chi connectivity index (χ4v) is 0.782. The molecule has 1 N–H and O–H groups in total. The van der Waals surface area contributed by atoms with Crippen molar-refractivity contribution in [3.8, 4) is 5.75 Å². The van der Waals surface area contributed by atoms with Crippen LogP contribution in [-0.4, -0.2) is 17.9 Å². The third kappa shape index (κ3) is 1.95. The van der Waals surface area contributed by atoms with E-state index in [9.17, 15) is 9.18 Å². The van der Waals surface area contributed by atoms with E-state index < -0.39 is 12.8 Å². The Balaban J connectivity index is 2.88. The van der Waals surface area contributed by atoms with Crippen LogP contribution < -0.4 is 4.74 Å². The summed E-state index contributed by atoms with van der Waals surface area (Å²) in [4.78, 5) is 10.4. The summed E-state index contributed by atoms with van der Waals surface area (Å²) in [6.45, 7) is -0.955. The highest BCUT2D eigenvalue weighted by Crippen LogP contribution is 2.12. The molecule has 1 rings (SSSR count). The zero-order valence-electron chi connectivity index (χ0n) is 6.16. The fourth-order valence-electron chi connectivity index (χ4n) is 0.782. The molecule has 0 bridgehead atoms. The Morgan fingerprint density at radius 1 is 1.58 bits per heavy atom. The summed E-state index contributed by atoms with van der Waals surface area (Å²) in [5.41, 5.74) is 0.0842. The van der Waals surface area contributed by atoms with Gasteiger partial charge in [0.2, 0.25) is 6.86 Å². The molecule has 1 aromatic rings. The van der Waals surface area contributed by atoms with Crippen molar-refractivity contribution in [3.05, 3.63) is 29.8 Å². The van der Waals surface area contributed by atoms with Crippen LogP contribution in [0.2, 0.25) is 0 Å². The number of carboxylic acid groups (broad SMARTS) is 1. The van der Waals surface area contributed by atoms with E-state index in [1.807, 2.05) is 0 Å². The topological polar surface area (TPSA) is 46.5 Å². The molecule has 4 heteroatoms. The van der Waals surface area contributed by atoms with Crippen LogP contribution in [0.15, 0.2) is 24.3 Å². The smallest absolute Gasteiger partial charge is 0.335 e. The monoisotopic (exact) mass is 170 g/mol. The van der Waals surface area contributed by atoms with Gasteiger partial charge in [-0.2, -0.15) is 0 Å². The maximum atomic E-state index is 11.6. The summed E-state index contributed by atoms with van der Waals surface area (Å²) in [7, 11) is 0. The van der Waals surface area contributed by atoms with Gasteiger partial charge in [0.15, 0.2) is 0 Å². The molecule has 0 aromatic heterocycles. The number of alkyl halides is 1. The van der Waals surface area contributed by atoms with Crippen LogP contribution >= 0.6 is 0 Å². The molecule has 0 spiro atoms. The second-order valence-electron chi connectivity index (χ2n) is 2.09. The first-order chi connectivity index (χ1) is 5.74. The quantitative estimate of drug-likeness (QED) is 0.750. The van der Waals surface area contributed by atoms with Crippen molar-refractivity contribution in [3.63, 3.8) is 0 Å². The number of carboxylic acids is 1. The van der Waals surface area contributed by atoms with Gasteiger partial charge in [0.1, 0.15) is 5.75 Å². The second-order valence-corrected chi connectivity index (χ2v) is 2.09. The van der Waals surface area contributed by atoms with Gasteiger partial charge in [-0.15, -0.1) is 0 Å². The predicted octanol–water partition coefficient (Wildman–Crippen LogP) is 1.69. The van der Waals surface area contributed by atoms with Gasteiger partial charge in [-0.3, -0.25) is 0 Å². The maximum absolute atomic E-state index is 11.6. The van der Waals surface area contributed by atoms with Gasteiger partial charge in [0.05, 0.1) is 5.56 Å². The first-order valence-electron chi connectivity index (χ1n) is 3.26. The van der Waals surface area contributed by atoms with E-state index in [1.165, 1.54) is 24.3 Å². The van der Waals surface area contributed by atoms with Crippen LogP contribution in [0.3, 0.4) is 0 Å². The standard InChI is InChI=1S/C8H7FO3/c9-5-12-7-3-1-2-6(4-7)8(10)11/h1-4H,5H2,(H,10,11). The van der Waals surface area contributed by atoms with Crippen LogP contribution in [-0.2, 0) is 0 Å². The number of benzene rings is 1. The van der Waals surface area contributed by atoms with Gasteiger partial charge < -0.3 is 9.84 Å². The van der Waals surface area contributed by atoms with E-state index in [0.717, 1.165) is 0 Å². The summed E-state index contributed by atoms with van der Waals surface area (Å²) in [6.07, 6.45) is 0. The molecule has 0 radical (unpaired) electrons. The van der Waals surface area contributed by atoms with Crippen LogP contribution in [0, 0.1) is 0 Å². The van der Waals surface area contributed by atoms with Crippen molar-refractivity contribution < 1.29 is 19.0 Å². The summed E-state index contributed by atoms with van der Waals surface area (Å²) < 4.78 is 16.1. The van der Waals surface area contributed by atoms with E-state index in [4.69, 9.17) is 5.11 Å². The molecule has 64 valence electrons. The largest absolute Gasteiger partial charge is 0.478 e. The van der Waals surface area contributed by atoms with Gasteiger partial charge in [0.25, 0.3) is 0 Å². The van der Waals surface area contributed by atoms with Crippen molar-refractivity contribution >= 4 is 5.97 Å². The lowest BCUT2D eigenvalue weighted by atomic mass is 10.2. The summed E-state index contributed by atoms with van der Waals surface area (Å²) >= 11 is 0. The fraction of sp³-hybridized carbons (Fsp3) is 0.125. The molecular weight excluding hydrogens is 163 g/mol. The van der Waals surface area contributed by atoms with E-state index in [-0.39, 0.29) is 11.3 Å². The van der Waals surface area contributed by atoms with Crippen LogP contribution in [0.4, 0.5) is 4.39 Å². The molecule has 0 unspecified atom stereocenters. The van der Waals surface area contributed by atoms with Crippen molar-refractivity contribution in [1.29, 1.82) is 0 Å². The number of hydrogen-bond donors (Lipinski definition) is 1. The minimum absolute atomic E-state index is 0.0842. The number of hydrogen-bond acceptors (Lipinski definition) is 2. The molecule has 0 aliphatic rings. The SMILES string of the molecule is O=C(O)c1cccc(OCF)c1. The third-order valence-electron chi connectivity index (χ3n) is 1.30. The Labute approximate surface area is 68.4 Å². The predicted molar refractivity (Wildman–Crippen MR) is 40.0 cm³/mol. The molecule has 0 aliphatic heterocycles. The highest BCUT2D eigenvalue weighted by atomic mass is 19.1. The second kappa shape index (κ2) is 3.71. The summed E-state index contributed by atoms with van der Waals surface area (Å²) in [6, 6.07) is 5.66. The van der Waals surface area contributed by atoms with E-state index in [0.29, 0.717) is 0 Å². The number of ether oxygens (including phenoxy) is 1. The number of rotatable bonds is 3. The van der Waals surface area contributed by atoms with Gasteiger partial charge in [-0.25, -0.2) is 9.18 Å². The minimum Gasteiger partial charge on any atom is -0.478 e. The van der Waals surface area contributed by atoms with Gasteiger partial charge in [0, 0.05) is 0 Å². The van der Waals surface area contributed by atoms with Crippen molar-refractivity contribution in [2.75, 3.05) is 6.86 Å². The molecule has 0 aliphatic carbocycles. The first-order valence-corrected chi connectivity index (χ1v) is 3.26. The van der Waals surface area contributed by atoms with E-state index in [1.54, 1.807) is 0 Å². The van der Waals surface area contributed by atoms with E-state index in [2.05, 4.69) is 4.74 Å². The Hall–Kier alpha value is -1.58. The highest BCUT2D eigenvalue weighted by molar-refractivity contribution is 5.87. The molecule has 3 nitrogen and oxygen atoms in total. The van der Waals surface area contributed by atoms with Gasteiger partial charge >= 0.3 is 5.97 Å². The average Bonchev–Trinajstić information content (AvgIpc) is 2.05. The maximum Gasteiger partial charge on any atom is 0.335 e. The molecule has 0 atom stereocenters. The average molecular weight is 170 g/mol. The molecule has 0 fully saturated rings. The lowest BCUT2D eigenvalue weighted by Crippen LogP contribution is -1.97. The lowest BCUT2D eigenvalue weighted by Gasteiger charge is -2.00. The first kappa shape index (κ1) is 8.52. The zero-order valence-corrected chi connectivity index (χ0v) is 6.16. The van der Waals surface area contributed by atoms with E-state index >= 15 is 0 Å². The van der Waals surface area contributed by atoms with Crippen molar-refractivity contribution in [2.24, 2.45) is 0 Å².